The van der Waals surface area contributed by atoms with Gasteiger partial charge in [0.25, 0.3) is 0 Å². The van der Waals surface area contributed by atoms with Crippen LogP contribution in [0.15, 0.2) is 30.3 Å². The maximum absolute atomic E-state index is 10.8. The third-order valence-corrected chi connectivity index (χ3v) is 2.97. The van der Waals surface area contributed by atoms with Gasteiger partial charge in [-0.05, 0) is 12.1 Å². The highest BCUT2D eigenvalue weighted by atomic mass is 35.5. The number of carboxylic acid groups (broad SMARTS) is 1. The van der Waals surface area contributed by atoms with E-state index >= 15 is 0 Å². The topological polar surface area (TPSA) is 50.2 Å². The van der Waals surface area contributed by atoms with E-state index in [1.54, 1.807) is 13.0 Å². The first kappa shape index (κ1) is 11.9. The van der Waals surface area contributed by atoms with Crippen LogP contribution in [0.5, 0.6) is 0 Å². The predicted octanol–water partition coefficient (Wildman–Crippen LogP) is 3.15. The van der Waals surface area contributed by atoms with Crippen LogP contribution in [0.25, 0.3) is 10.9 Å². The smallest absolute Gasteiger partial charge is 0.306 e. The normalized spacial score (nSPS) is 12.6. The van der Waals surface area contributed by atoms with Gasteiger partial charge in [-0.15, -0.1) is 0 Å². The highest BCUT2D eigenvalue weighted by molar-refractivity contribution is 6.35. The fourth-order valence-electron chi connectivity index (χ4n) is 1.67. The van der Waals surface area contributed by atoms with Gasteiger partial charge in [0.05, 0.1) is 16.5 Å². The van der Waals surface area contributed by atoms with Gasteiger partial charge < -0.3 is 5.11 Å². The van der Waals surface area contributed by atoms with E-state index in [9.17, 15) is 4.79 Å². The number of nitrogens with zero attached hydrogens (tertiary/aromatic N) is 1. The van der Waals surface area contributed by atoms with Crippen LogP contribution in [0.3, 0.4) is 0 Å². The van der Waals surface area contributed by atoms with Crippen LogP contribution in [-0.2, 0) is 11.2 Å². The summed E-state index contributed by atoms with van der Waals surface area (Å²) in [6, 6.07) is 9.34. The quantitative estimate of drug-likeness (QED) is 0.909. The summed E-state index contributed by atoms with van der Waals surface area (Å²) in [6.07, 6.45) is 0.413. The molecule has 0 amide bonds. The van der Waals surface area contributed by atoms with Crippen molar-refractivity contribution in [2.24, 2.45) is 5.92 Å². The third kappa shape index (κ3) is 2.56. The van der Waals surface area contributed by atoms with E-state index in [1.807, 2.05) is 24.3 Å². The van der Waals surface area contributed by atoms with Crippen LogP contribution in [0.1, 0.15) is 12.6 Å². The number of rotatable bonds is 3. The maximum atomic E-state index is 10.8. The first-order valence-corrected chi connectivity index (χ1v) is 5.72. The fourth-order valence-corrected chi connectivity index (χ4v) is 1.89. The van der Waals surface area contributed by atoms with Crippen molar-refractivity contribution in [2.45, 2.75) is 13.3 Å². The van der Waals surface area contributed by atoms with Crippen LogP contribution in [0.4, 0.5) is 0 Å². The molecule has 1 atom stereocenters. The standard InChI is InChI=1S/C13H12ClNO2/c1-8(13(16)17)7-10-6-5-9-3-2-4-11(14)12(9)15-10/h2-6,8H,7H2,1H3,(H,16,17). The van der Waals surface area contributed by atoms with Crippen LogP contribution in [0, 0.1) is 5.92 Å². The molecule has 0 saturated carbocycles. The number of benzene rings is 1. The number of halogens is 1. The molecular formula is C13H12ClNO2. The van der Waals surface area contributed by atoms with Crippen LogP contribution in [-0.4, -0.2) is 16.1 Å². The molecule has 2 rings (SSSR count). The highest BCUT2D eigenvalue weighted by Gasteiger charge is 2.13. The molecule has 0 aliphatic heterocycles. The Morgan fingerprint density at radius 2 is 2.18 bits per heavy atom. The van der Waals surface area contributed by atoms with Crippen molar-refractivity contribution in [2.75, 3.05) is 0 Å². The van der Waals surface area contributed by atoms with Gasteiger partial charge in [0.2, 0.25) is 0 Å². The number of aliphatic carboxylic acids is 1. The molecule has 0 aliphatic rings. The zero-order valence-electron chi connectivity index (χ0n) is 9.35. The van der Waals surface area contributed by atoms with Crippen molar-refractivity contribution < 1.29 is 9.90 Å². The first-order chi connectivity index (χ1) is 8.08. The number of hydrogen-bond donors (Lipinski definition) is 1. The Kier molecular flexibility index (Phi) is 3.29. The Morgan fingerprint density at radius 1 is 1.41 bits per heavy atom. The molecule has 3 nitrogen and oxygen atoms in total. The van der Waals surface area contributed by atoms with Crippen molar-refractivity contribution in [3.8, 4) is 0 Å². The lowest BCUT2D eigenvalue weighted by Gasteiger charge is -2.07. The van der Waals surface area contributed by atoms with E-state index in [-0.39, 0.29) is 0 Å². The molecule has 0 bridgehead atoms. The summed E-state index contributed by atoms with van der Waals surface area (Å²) in [6.45, 7) is 1.67. The lowest BCUT2D eigenvalue weighted by atomic mass is 10.0. The van der Waals surface area contributed by atoms with Gasteiger partial charge in [0, 0.05) is 17.5 Å². The Hall–Kier alpha value is -1.61. The molecule has 0 saturated heterocycles. The average molecular weight is 250 g/mol. The van der Waals surface area contributed by atoms with Gasteiger partial charge in [-0.2, -0.15) is 0 Å². The minimum atomic E-state index is -0.814. The third-order valence-electron chi connectivity index (χ3n) is 2.67. The summed E-state index contributed by atoms with van der Waals surface area (Å²) in [4.78, 5) is 15.2. The summed E-state index contributed by atoms with van der Waals surface area (Å²) in [5.41, 5.74) is 1.48. The van der Waals surface area contributed by atoms with E-state index in [4.69, 9.17) is 16.7 Å². The molecule has 88 valence electrons. The molecule has 17 heavy (non-hydrogen) atoms. The number of hydrogen-bond acceptors (Lipinski definition) is 2. The lowest BCUT2D eigenvalue weighted by Crippen LogP contribution is -2.13. The van der Waals surface area contributed by atoms with E-state index in [1.165, 1.54) is 0 Å². The molecular weight excluding hydrogens is 238 g/mol. The van der Waals surface area contributed by atoms with Gasteiger partial charge in [0.15, 0.2) is 0 Å². The molecule has 0 radical (unpaired) electrons. The second-order valence-electron chi connectivity index (χ2n) is 4.06. The predicted molar refractivity (Wildman–Crippen MR) is 67.3 cm³/mol. The first-order valence-electron chi connectivity index (χ1n) is 5.35. The van der Waals surface area contributed by atoms with Crippen molar-refractivity contribution in [3.05, 3.63) is 41.0 Å². The lowest BCUT2D eigenvalue weighted by molar-refractivity contribution is -0.141. The summed E-state index contributed by atoms with van der Waals surface area (Å²) in [5, 5.41) is 10.4. The Balaban J connectivity index is 2.37. The van der Waals surface area contributed by atoms with E-state index in [0.717, 1.165) is 16.6 Å². The molecule has 0 aliphatic carbocycles. The number of carboxylic acids is 1. The number of para-hydroxylation sites is 1. The molecule has 1 heterocycles. The number of carbonyl (C=O) groups is 1. The number of pyridine rings is 1. The molecule has 1 N–H and O–H groups in total. The SMILES string of the molecule is CC(Cc1ccc2cccc(Cl)c2n1)C(=O)O. The van der Waals surface area contributed by atoms with E-state index in [0.29, 0.717) is 11.4 Å². The minimum absolute atomic E-state index is 0.413. The number of aromatic nitrogens is 1. The van der Waals surface area contributed by atoms with E-state index in [2.05, 4.69) is 4.98 Å². The summed E-state index contributed by atoms with van der Waals surface area (Å²) >= 11 is 6.05. The largest absolute Gasteiger partial charge is 0.481 e. The molecule has 1 aromatic carbocycles. The molecule has 0 spiro atoms. The van der Waals surface area contributed by atoms with Crippen molar-refractivity contribution in [1.29, 1.82) is 0 Å². The second-order valence-corrected chi connectivity index (χ2v) is 4.46. The fraction of sp³-hybridized carbons (Fsp3) is 0.231. The van der Waals surface area contributed by atoms with Crippen molar-refractivity contribution in [3.63, 3.8) is 0 Å². The monoisotopic (exact) mass is 249 g/mol. The highest BCUT2D eigenvalue weighted by Crippen LogP contribution is 2.22. The van der Waals surface area contributed by atoms with E-state index < -0.39 is 11.9 Å². The molecule has 4 heteroatoms. The zero-order chi connectivity index (χ0) is 12.4. The summed E-state index contributed by atoms with van der Waals surface area (Å²) < 4.78 is 0. The summed E-state index contributed by atoms with van der Waals surface area (Å²) in [5.74, 6) is -1.26. The van der Waals surface area contributed by atoms with Gasteiger partial charge in [0.1, 0.15) is 0 Å². The van der Waals surface area contributed by atoms with Gasteiger partial charge in [-0.25, -0.2) is 0 Å². The average Bonchev–Trinajstić information content (AvgIpc) is 2.30. The van der Waals surface area contributed by atoms with Crippen LogP contribution < -0.4 is 0 Å². The second kappa shape index (κ2) is 4.72. The molecule has 2 aromatic rings. The van der Waals surface area contributed by atoms with Gasteiger partial charge in [-0.1, -0.05) is 36.7 Å². The zero-order valence-corrected chi connectivity index (χ0v) is 10.1. The van der Waals surface area contributed by atoms with Crippen molar-refractivity contribution in [1.82, 2.24) is 4.98 Å². The van der Waals surface area contributed by atoms with Crippen molar-refractivity contribution >= 4 is 28.5 Å². The molecule has 0 fully saturated rings. The Morgan fingerprint density at radius 3 is 2.88 bits per heavy atom. The minimum Gasteiger partial charge on any atom is -0.481 e. The summed E-state index contributed by atoms with van der Waals surface area (Å²) in [7, 11) is 0. The Labute approximate surface area is 104 Å². The number of fused-ring (bicyclic) bond motifs is 1. The van der Waals surface area contributed by atoms with Gasteiger partial charge in [-0.3, -0.25) is 9.78 Å². The Bertz CT molecular complexity index is 568. The van der Waals surface area contributed by atoms with Crippen LogP contribution in [0.2, 0.25) is 5.02 Å². The molecule has 1 aromatic heterocycles. The van der Waals surface area contributed by atoms with Gasteiger partial charge >= 0.3 is 5.97 Å². The maximum Gasteiger partial charge on any atom is 0.306 e. The van der Waals surface area contributed by atoms with Crippen LogP contribution >= 0.6 is 11.6 Å². The molecule has 1 unspecified atom stereocenters.